The molecular formula is C21H34FN5. The van der Waals surface area contributed by atoms with Crippen LogP contribution in [0.15, 0.2) is 36.7 Å². The third-order valence-electron chi connectivity index (χ3n) is 4.75. The second-order valence-corrected chi connectivity index (χ2v) is 7.33. The third kappa shape index (κ3) is 5.96. The largest absolute Gasteiger partial charge is 0.368 e. The first-order valence-corrected chi connectivity index (χ1v) is 9.84. The van der Waals surface area contributed by atoms with Crippen LogP contribution in [0.3, 0.4) is 0 Å². The van der Waals surface area contributed by atoms with Gasteiger partial charge in [-0.05, 0) is 33.7 Å². The fraction of sp³-hybridized carbons (Fsp3) is 0.571. The molecule has 1 aromatic rings. The topological polar surface area (TPSA) is 45.1 Å². The molecule has 5 nitrogen and oxygen atoms in total. The fourth-order valence-electron chi connectivity index (χ4n) is 3.40. The molecule has 2 atom stereocenters. The number of aryl methyl sites for hydroxylation is 1. The monoisotopic (exact) mass is 375 g/mol. The van der Waals surface area contributed by atoms with Crippen molar-refractivity contribution in [1.82, 2.24) is 20.0 Å². The first-order chi connectivity index (χ1) is 13.0. The van der Waals surface area contributed by atoms with E-state index in [9.17, 15) is 4.39 Å². The summed E-state index contributed by atoms with van der Waals surface area (Å²) in [5.41, 5.74) is 2.30. The van der Waals surface area contributed by atoms with Crippen molar-refractivity contribution in [2.45, 2.75) is 52.1 Å². The maximum atomic E-state index is 12.5. The van der Waals surface area contributed by atoms with Gasteiger partial charge in [-0.2, -0.15) is 5.10 Å². The Morgan fingerprint density at radius 3 is 2.89 bits per heavy atom. The van der Waals surface area contributed by atoms with Crippen molar-refractivity contribution in [1.29, 1.82) is 0 Å². The van der Waals surface area contributed by atoms with Crippen LogP contribution >= 0.6 is 0 Å². The van der Waals surface area contributed by atoms with Gasteiger partial charge >= 0.3 is 0 Å². The molecule has 2 rings (SSSR count). The van der Waals surface area contributed by atoms with E-state index in [-0.39, 0.29) is 18.8 Å². The number of rotatable bonds is 11. The minimum atomic E-state index is -0.329. The number of nitrogens with zero attached hydrogens (tertiary/aromatic N) is 3. The van der Waals surface area contributed by atoms with Gasteiger partial charge in [0.1, 0.15) is 12.5 Å². The Hall–Kier alpha value is -2.08. The SMILES string of the molecule is C=C(Nc1c(C)c(CCC)nn1C1C=CC=CC1)N[C@@H](C)CN(C)CCF. The molecule has 1 unspecified atom stereocenters. The van der Waals surface area contributed by atoms with Gasteiger partial charge in [0, 0.05) is 24.7 Å². The van der Waals surface area contributed by atoms with Crippen LogP contribution in [0.2, 0.25) is 0 Å². The molecule has 0 saturated heterocycles. The average Bonchev–Trinajstić information content (AvgIpc) is 2.92. The van der Waals surface area contributed by atoms with Crippen LogP contribution in [0, 0.1) is 6.92 Å². The lowest BCUT2D eigenvalue weighted by molar-refractivity contribution is 0.274. The molecule has 0 saturated carbocycles. The molecule has 1 aromatic heterocycles. The van der Waals surface area contributed by atoms with E-state index in [2.05, 4.69) is 67.0 Å². The Kier molecular flexibility index (Phi) is 8.10. The first kappa shape index (κ1) is 21.2. The van der Waals surface area contributed by atoms with E-state index in [1.807, 2.05) is 11.9 Å². The minimum absolute atomic E-state index is 0.158. The highest BCUT2D eigenvalue weighted by molar-refractivity contribution is 5.51. The van der Waals surface area contributed by atoms with Crippen LogP contribution in [0.5, 0.6) is 0 Å². The van der Waals surface area contributed by atoms with Crippen molar-refractivity contribution in [2.75, 3.05) is 32.1 Å². The number of aromatic nitrogens is 2. The summed E-state index contributed by atoms with van der Waals surface area (Å²) in [6, 6.07) is 0.369. The Labute approximate surface area is 163 Å². The van der Waals surface area contributed by atoms with Gasteiger partial charge in [-0.15, -0.1) is 0 Å². The molecule has 0 radical (unpaired) electrons. The number of allylic oxidation sites excluding steroid dienone is 4. The van der Waals surface area contributed by atoms with Crippen molar-refractivity contribution >= 4 is 5.82 Å². The van der Waals surface area contributed by atoms with Crippen LogP contribution in [0.25, 0.3) is 0 Å². The number of hydrogen-bond donors (Lipinski definition) is 2. The predicted octanol–water partition coefficient (Wildman–Crippen LogP) is 3.96. The molecule has 0 spiro atoms. The molecule has 0 bridgehead atoms. The van der Waals surface area contributed by atoms with E-state index in [1.165, 1.54) is 5.56 Å². The van der Waals surface area contributed by atoms with Crippen LogP contribution in [-0.4, -0.2) is 47.5 Å². The molecule has 1 heterocycles. The molecule has 0 aliphatic heterocycles. The Bertz CT molecular complexity index is 676. The average molecular weight is 376 g/mol. The summed E-state index contributed by atoms with van der Waals surface area (Å²) in [5.74, 6) is 1.73. The number of alkyl halides is 1. The van der Waals surface area contributed by atoms with E-state index < -0.39 is 0 Å². The Morgan fingerprint density at radius 1 is 1.48 bits per heavy atom. The molecule has 1 aliphatic carbocycles. The lowest BCUT2D eigenvalue weighted by Gasteiger charge is -2.24. The van der Waals surface area contributed by atoms with E-state index >= 15 is 0 Å². The van der Waals surface area contributed by atoms with Gasteiger partial charge in [0.05, 0.1) is 17.6 Å². The summed E-state index contributed by atoms with van der Waals surface area (Å²) < 4.78 is 14.5. The highest BCUT2D eigenvalue weighted by Crippen LogP contribution is 2.28. The van der Waals surface area contributed by atoms with Gasteiger partial charge in [0.2, 0.25) is 0 Å². The normalized spacial score (nSPS) is 17.3. The fourth-order valence-corrected chi connectivity index (χ4v) is 3.40. The first-order valence-electron chi connectivity index (χ1n) is 9.84. The number of halogens is 1. The summed E-state index contributed by atoms with van der Waals surface area (Å²) >= 11 is 0. The van der Waals surface area contributed by atoms with Crippen molar-refractivity contribution in [3.63, 3.8) is 0 Å². The summed E-state index contributed by atoms with van der Waals surface area (Å²) in [5, 5.41) is 11.7. The maximum absolute atomic E-state index is 12.5. The highest BCUT2D eigenvalue weighted by atomic mass is 19.1. The van der Waals surface area contributed by atoms with Gasteiger partial charge in [-0.1, -0.05) is 44.2 Å². The van der Waals surface area contributed by atoms with Crippen molar-refractivity contribution in [3.8, 4) is 0 Å². The van der Waals surface area contributed by atoms with Gasteiger partial charge < -0.3 is 15.5 Å². The predicted molar refractivity (Wildman–Crippen MR) is 112 cm³/mol. The van der Waals surface area contributed by atoms with Crippen LogP contribution in [-0.2, 0) is 6.42 Å². The standard InChI is InChI=1S/C21H34FN5/c1-6-10-20-17(3)21(27(25-20)19-11-8-7-9-12-19)24-18(4)23-16(2)15-26(5)14-13-22/h7-9,11,16,19,23-24H,4,6,10,12-15H2,1-3,5H3/t16-,19?/m0/s1. The zero-order valence-electron chi connectivity index (χ0n) is 17.1. The Morgan fingerprint density at radius 2 is 2.26 bits per heavy atom. The lowest BCUT2D eigenvalue weighted by Crippen LogP contribution is -2.39. The summed E-state index contributed by atoms with van der Waals surface area (Å²) in [7, 11) is 1.92. The zero-order chi connectivity index (χ0) is 19.8. The van der Waals surface area contributed by atoms with E-state index in [0.29, 0.717) is 6.54 Å². The minimum Gasteiger partial charge on any atom is -0.368 e. The second kappa shape index (κ2) is 10.3. The maximum Gasteiger partial charge on any atom is 0.133 e. The Balaban J connectivity index is 2.10. The molecule has 2 N–H and O–H groups in total. The quantitative estimate of drug-likeness (QED) is 0.614. The summed E-state index contributed by atoms with van der Waals surface area (Å²) in [4.78, 5) is 1.97. The zero-order valence-corrected chi connectivity index (χ0v) is 17.1. The number of anilines is 1. The smallest absolute Gasteiger partial charge is 0.133 e. The van der Waals surface area contributed by atoms with E-state index in [1.54, 1.807) is 0 Å². The third-order valence-corrected chi connectivity index (χ3v) is 4.75. The van der Waals surface area contributed by atoms with E-state index in [0.717, 1.165) is 43.1 Å². The molecule has 0 fully saturated rings. The van der Waals surface area contributed by atoms with Crippen molar-refractivity contribution in [2.24, 2.45) is 0 Å². The lowest BCUT2D eigenvalue weighted by atomic mass is 10.1. The number of likely N-dealkylation sites (N-methyl/N-ethyl adjacent to an activating group) is 1. The van der Waals surface area contributed by atoms with Gasteiger partial charge in [-0.25, -0.2) is 9.07 Å². The second-order valence-electron chi connectivity index (χ2n) is 7.33. The molecule has 150 valence electrons. The molecule has 0 aromatic carbocycles. The summed E-state index contributed by atoms with van der Waals surface area (Å²) in [6.45, 7) is 11.4. The molecule has 1 aliphatic rings. The van der Waals surface area contributed by atoms with Crippen LogP contribution < -0.4 is 10.6 Å². The molecule has 6 heteroatoms. The number of nitrogens with one attached hydrogen (secondary N) is 2. The van der Waals surface area contributed by atoms with Crippen molar-refractivity contribution < 1.29 is 4.39 Å². The number of hydrogen-bond acceptors (Lipinski definition) is 4. The molecule has 0 amide bonds. The van der Waals surface area contributed by atoms with Gasteiger partial charge in [0.25, 0.3) is 0 Å². The molecule has 27 heavy (non-hydrogen) atoms. The van der Waals surface area contributed by atoms with Crippen molar-refractivity contribution in [3.05, 3.63) is 48.0 Å². The van der Waals surface area contributed by atoms with E-state index in [4.69, 9.17) is 5.10 Å². The van der Waals surface area contributed by atoms with Gasteiger partial charge in [0.15, 0.2) is 0 Å². The van der Waals surface area contributed by atoms with Gasteiger partial charge in [-0.3, -0.25) is 0 Å². The summed E-state index contributed by atoms with van der Waals surface area (Å²) in [6.07, 6.45) is 11.5. The molecular weight excluding hydrogens is 341 g/mol. The van der Waals surface area contributed by atoms with Crippen LogP contribution in [0.4, 0.5) is 10.2 Å². The highest BCUT2D eigenvalue weighted by Gasteiger charge is 2.20. The van der Waals surface area contributed by atoms with Crippen LogP contribution in [0.1, 0.15) is 44.0 Å².